The Hall–Kier alpha value is -1.91. The van der Waals surface area contributed by atoms with Crippen molar-refractivity contribution >= 4 is 5.96 Å². The summed E-state index contributed by atoms with van der Waals surface area (Å²) >= 11 is 0. The molecule has 0 saturated heterocycles. The molecule has 0 aromatic heterocycles. The summed E-state index contributed by atoms with van der Waals surface area (Å²) in [6, 6.07) is 4.10. The topological polar surface area (TPSA) is 68.9 Å². The molecule has 0 fully saturated rings. The molecule has 1 unspecified atom stereocenters. The molecule has 3 N–H and O–H groups in total. The summed E-state index contributed by atoms with van der Waals surface area (Å²) in [4.78, 5) is 4.41. The first-order chi connectivity index (χ1) is 10.3. The van der Waals surface area contributed by atoms with E-state index in [2.05, 4.69) is 23.3 Å². The summed E-state index contributed by atoms with van der Waals surface area (Å²) in [5.74, 6) is 2.24. The van der Waals surface area contributed by atoms with Crippen LogP contribution in [0.1, 0.15) is 45.7 Å². The Kier molecular flexibility index (Phi) is 4.84. The van der Waals surface area contributed by atoms with E-state index in [-0.39, 0.29) is 11.6 Å². The molecule has 1 aliphatic rings. The Morgan fingerprint density at radius 2 is 2.18 bits per heavy atom. The minimum Gasteiger partial charge on any atom is -0.494 e. The van der Waals surface area contributed by atoms with Crippen LogP contribution in [0.3, 0.4) is 0 Å². The zero-order valence-electron chi connectivity index (χ0n) is 14.2. The van der Waals surface area contributed by atoms with Gasteiger partial charge < -0.3 is 20.5 Å². The van der Waals surface area contributed by atoms with E-state index in [4.69, 9.17) is 15.2 Å². The number of rotatable bonds is 4. The van der Waals surface area contributed by atoms with Gasteiger partial charge in [-0.1, -0.05) is 0 Å². The third kappa shape index (κ3) is 4.29. The minimum absolute atomic E-state index is 0.104. The van der Waals surface area contributed by atoms with E-state index in [9.17, 15) is 0 Å². The fraction of sp³-hybridized carbons (Fsp3) is 0.588. The number of hydrogen-bond donors (Lipinski definition) is 2. The zero-order valence-corrected chi connectivity index (χ0v) is 14.2. The maximum absolute atomic E-state index is 5.93. The summed E-state index contributed by atoms with van der Waals surface area (Å²) in [5, 5.41) is 3.16. The zero-order chi connectivity index (χ0) is 16.3. The van der Waals surface area contributed by atoms with Crippen LogP contribution in [0.5, 0.6) is 11.5 Å². The van der Waals surface area contributed by atoms with Gasteiger partial charge in [-0.3, -0.25) is 0 Å². The molecule has 0 spiro atoms. The fourth-order valence-corrected chi connectivity index (χ4v) is 2.49. The summed E-state index contributed by atoms with van der Waals surface area (Å²) in [6.07, 6.45) is 1.14. The monoisotopic (exact) mass is 305 g/mol. The van der Waals surface area contributed by atoms with Crippen molar-refractivity contribution in [2.45, 2.75) is 59.2 Å². The largest absolute Gasteiger partial charge is 0.494 e. The van der Waals surface area contributed by atoms with Crippen LogP contribution in [-0.2, 0) is 13.0 Å². The molecule has 0 bridgehead atoms. The summed E-state index contributed by atoms with van der Waals surface area (Å²) in [5.41, 5.74) is 8.02. The Morgan fingerprint density at radius 3 is 2.82 bits per heavy atom. The van der Waals surface area contributed by atoms with Gasteiger partial charge in [0.25, 0.3) is 0 Å². The van der Waals surface area contributed by atoms with Gasteiger partial charge in [0.15, 0.2) is 5.96 Å². The van der Waals surface area contributed by atoms with Crippen LogP contribution < -0.4 is 20.5 Å². The normalized spacial score (nSPS) is 17.9. The summed E-state index contributed by atoms with van der Waals surface area (Å²) < 4.78 is 11.6. The number of fused-ring (bicyclic) bond motifs is 1. The summed E-state index contributed by atoms with van der Waals surface area (Å²) in [6.45, 7) is 11.3. The van der Waals surface area contributed by atoms with Gasteiger partial charge in [-0.25, -0.2) is 4.99 Å². The van der Waals surface area contributed by atoms with Gasteiger partial charge >= 0.3 is 0 Å². The molecule has 5 heteroatoms. The van der Waals surface area contributed by atoms with Crippen LogP contribution in [-0.4, -0.2) is 24.2 Å². The first-order valence-corrected chi connectivity index (χ1v) is 7.82. The smallest absolute Gasteiger partial charge is 0.189 e. The van der Waals surface area contributed by atoms with Crippen LogP contribution in [0.15, 0.2) is 17.1 Å². The molecule has 1 heterocycles. The predicted octanol–water partition coefficient (Wildman–Crippen LogP) is 2.61. The van der Waals surface area contributed by atoms with Gasteiger partial charge in [-0.05, 0) is 46.8 Å². The van der Waals surface area contributed by atoms with E-state index < -0.39 is 0 Å². The van der Waals surface area contributed by atoms with Crippen LogP contribution in [0.25, 0.3) is 0 Å². The summed E-state index contributed by atoms with van der Waals surface area (Å²) in [7, 11) is 0. The number of ether oxygens (including phenoxy) is 2. The van der Waals surface area contributed by atoms with E-state index >= 15 is 0 Å². The Morgan fingerprint density at radius 1 is 1.45 bits per heavy atom. The Balaban J connectivity index is 2.19. The Labute approximate surface area is 132 Å². The van der Waals surface area contributed by atoms with Crippen LogP contribution >= 0.6 is 0 Å². The maximum atomic E-state index is 5.93. The minimum atomic E-state index is -0.104. The second-order valence-electron chi connectivity index (χ2n) is 6.71. The van der Waals surface area contributed by atoms with Crippen molar-refractivity contribution in [3.63, 3.8) is 0 Å². The lowest BCUT2D eigenvalue weighted by Gasteiger charge is -2.21. The number of hydrogen-bond acceptors (Lipinski definition) is 3. The van der Waals surface area contributed by atoms with E-state index in [1.165, 1.54) is 5.56 Å². The van der Waals surface area contributed by atoms with Crippen molar-refractivity contribution in [2.75, 3.05) is 6.61 Å². The Bertz CT molecular complexity index is 562. The number of nitrogens with zero attached hydrogens (tertiary/aromatic N) is 1. The van der Waals surface area contributed by atoms with E-state index in [0.717, 1.165) is 23.5 Å². The molecule has 0 aliphatic carbocycles. The van der Waals surface area contributed by atoms with Gasteiger partial charge in [0, 0.05) is 23.1 Å². The highest BCUT2D eigenvalue weighted by Crippen LogP contribution is 2.35. The standard InChI is InChI=1S/C17H27N3O2/c1-6-21-14-8-12-7-11(2)22-15(12)9-13(14)10-19-16(18)20-17(3,4)5/h8-9,11H,6-7,10H2,1-5H3,(H3,18,19,20). The van der Waals surface area contributed by atoms with Crippen LogP contribution in [0.2, 0.25) is 0 Å². The molecule has 1 aromatic carbocycles. The number of benzene rings is 1. The quantitative estimate of drug-likeness (QED) is 0.663. The molecule has 2 rings (SSSR count). The lowest BCUT2D eigenvalue weighted by molar-refractivity contribution is 0.254. The molecule has 1 aromatic rings. The van der Waals surface area contributed by atoms with Crippen LogP contribution in [0, 0.1) is 0 Å². The lowest BCUT2D eigenvalue weighted by Crippen LogP contribution is -2.44. The number of aliphatic imine (C=N–C) groups is 1. The molecule has 22 heavy (non-hydrogen) atoms. The number of nitrogens with two attached hydrogens (primary N) is 1. The van der Waals surface area contributed by atoms with Gasteiger partial charge in [0.05, 0.1) is 13.2 Å². The molecule has 5 nitrogen and oxygen atoms in total. The average Bonchev–Trinajstić information content (AvgIpc) is 2.73. The highest BCUT2D eigenvalue weighted by atomic mass is 16.5. The molecule has 1 aliphatic heterocycles. The van der Waals surface area contributed by atoms with Crippen molar-refractivity contribution < 1.29 is 9.47 Å². The van der Waals surface area contributed by atoms with E-state index in [1.54, 1.807) is 0 Å². The molecule has 122 valence electrons. The van der Waals surface area contributed by atoms with Gasteiger partial charge in [-0.15, -0.1) is 0 Å². The predicted molar refractivity (Wildman–Crippen MR) is 89.6 cm³/mol. The first kappa shape index (κ1) is 16.5. The van der Waals surface area contributed by atoms with E-state index in [1.807, 2.05) is 33.8 Å². The molecular formula is C17H27N3O2. The second-order valence-corrected chi connectivity index (χ2v) is 6.71. The molecule has 0 amide bonds. The van der Waals surface area contributed by atoms with Crippen molar-refractivity contribution in [1.82, 2.24) is 5.32 Å². The average molecular weight is 305 g/mol. The second kappa shape index (κ2) is 6.46. The third-order valence-corrected chi connectivity index (χ3v) is 3.30. The van der Waals surface area contributed by atoms with Crippen LogP contribution in [0.4, 0.5) is 0 Å². The molecule has 1 atom stereocenters. The lowest BCUT2D eigenvalue weighted by atomic mass is 10.1. The van der Waals surface area contributed by atoms with Crippen molar-refractivity contribution in [2.24, 2.45) is 10.7 Å². The van der Waals surface area contributed by atoms with Gasteiger partial charge in [0.2, 0.25) is 0 Å². The van der Waals surface area contributed by atoms with Crippen molar-refractivity contribution in [3.05, 3.63) is 23.3 Å². The highest BCUT2D eigenvalue weighted by molar-refractivity contribution is 5.78. The maximum Gasteiger partial charge on any atom is 0.189 e. The first-order valence-electron chi connectivity index (χ1n) is 7.82. The van der Waals surface area contributed by atoms with Crippen molar-refractivity contribution in [3.8, 4) is 11.5 Å². The van der Waals surface area contributed by atoms with E-state index in [0.29, 0.717) is 19.1 Å². The van der Waals surface area contributed by atoms with Crippen molar-refractivity contribution in [1.29, 1.82) is 0 Å². The van der Waals surface area contributed by atoms with Gasteiger partial charge in [-0.2, -0.15) is 0 Å². The molecular weight excluding hydrogens is 278 g/mol. The van der Waals surface area contributed by atoms with Gasteiger partial charge in [0.1, 0.15) is 17.6 Å². The highest BCUT2D eigenvalue weighted by Gasteiger charge is 2.21. The molecule has 0 radical (unpaired) electrons. The fourth-order valence-electron chi connectivity index (χ4n) is 2.49. The number of guanidine groups is 1. The SMILES string of the molecule is CCOc1cc2c(cc1CN=C(N)NC(C)(C)C)OC(C)C2. The third-order valence-electron chi connectivity index (χ3n) is 3.30. The molecule has 0 saturated carbocycles. The number of nitrogens with one attached hydrogen (secondary N) is 1.